The molecule has 0 bridgehead atoms. The van der Waals surface area contributed by atoms with E-state index in [1.54, 1.807) is 4.90 Å². The van der Waals surface area contributed by atoms with E-state index in [9.17, 15) is 9.59 Å². The summed E-state index contributed by atoms with van der Waals surface area (Å²) in [5.74, 6) is -0.970. The van der Waals surface area contributed by atoms with Crippen LogP contribution in [0.15, 0.2) is 12.2 Å². The Hall–Kier alpha value is -1.52. The van der Waals surface area contributed by atoms with Gasteiger partial charge in [-0.3, -0.25) is 0 Å². The van der Waals surface area contributed by atoms with Crippen LogP contribution in [0.5, 0.6) is 0 Å². The second-order valence-electron chi connectivity index (χ2n) is 3.84. The van der Waals surface area contributed by atoms with Crippen molar-refractivity contribution in [2.24, 2.45) is 0 Å². The van der Waals surface area contributed by atoms with E-state index < -0.39 is 12.0 Å². The van der Waals surface area contributed by atoms with Crippen LogP contribution in [0.4, 0.5) is 4.79 Å². The van der Waals surface area contributed by atoms with Crippen LogP contribution in [-0.4, -0.2) is 41.1 Å². The number of carboxylic acid groups (broad SMARTS) is 1. The molecule has 2 amide bonds. The number of carbonyl (C=O) groups excluding carboxylic acids is 1. The molecule has 0 radical (unpaired) electrons. The molecule has 0 unspecified atom stereocenters. The largest absolute Gasteiger partial charge is 0.480 e. The molecule has 1 aliphatic rings. The number of rotatable bonds is 4. The molecule has 1 atom stereocenters. The summed E-state index contributed by atoms with van der Waals surface area (Å²) in [5, 5.41) is 11.4. The zero-order valence-corrected chi connectivity index (χ0v) is 9.48. The lowest BCUT2D eigenvalue weighted by atomic mass is 10.2. The molecule has 0 aliphatic carbocycles. The quantitative estimate of drug-likeness (QED) is 0.708. The maximum absolute atomic E-state index is 11.7. The molecule has 2 N–H and O–H groups in total. The molecule has 5 heteroatoms. The van der Waals surface area contributed by atoms with Gasteiger partial charge in [0.05, 0.1) is 0 Å². The Morgan fingerprint density at radius 2 is 2.25 bits per heavy atom. The highest BCUT2D eigenvalue weighted by Crippen LogP contribution is 2.03. The molecule has 0 aromatic carbocycles. The van der Waals surface area contributed by atoms with Gasteiger partial charge in [0, 0.05) is 13.1 Å². The molecular formula is C11H18N2O3. The van der Waals surface area contributed by atoms with Crippen molar-refractivity contribution in [3.63, 3.8) is 0 Å². The fourth-order valence-electron chi connectivity index (χ4n) is 1.61. The lowest BCUT2D eigenvalue weighted by Gasteiger charge is -2.25. The molecular weight excluding hydrogens is 208 g/mol. The van der Waals surface area contributed by atoms with Gasteiger partial charge in [0.15, 0.2) is 0 Å². The number of nitrogens with one attached hydrogen (secondary N) is 1. The number of aliphatic carboxylic acids is 1. The lowest BCUT2D eigenvalue weighted by molar-refractivity contribution is -0.139. The SMILES string of the molecule is CCC[C@H](NC(=O)N1CC=CCC1)C(=O)O. The second kappa shape index (κ2) is 6.15. The highest BCUT2D eigenvalue weighted by Gasteiger charge is 2.22. The number of hydrogen-bond acceptors (Lipinski definition) is 2. The number of carboxylic acids is 1. The third kappa shape index (κ3) is 3.56. The molecule has 0 aromatic heterocycles. The first kappa shape index (κ1) is 12.5. The van der Waals surface area contributed by atoms with Crippen molar-refractivity contribution < 1.29 is 14.7 Å². The van der Waals surface area contributed by atoms with Gasteiger partial charge in [-0.1, -0.05) is 25.5 Å². The van der Waals surface area contributed by atoms with Crippen molar-refractivity contribution in [3.05, 3.63) is 12.2 Å². The molecule has 16 heavy (non-hydrogen) atoms. The fraction of sp³-hybridized carbons (Fsp3) is 0.636. The first-order chi connectivity index (χ1) is 7.65. The Bertz CT molecular complexity index is 289. The Labute approximate surface area is 95.1 Å². The van der Waals surface area contributed by atoms with Crippen molar-refractivity contribution in [1.82, 2.24) is 10.2 Å². The second-order valence-corrected chi connectivity index (χ2v) is 3.84. The molecule has 1 heterocycles. The van der Waals surface area contributed by atoms with Crippen LogP contribution in [-0.2, 0) is 4.79 Å². The van der Waals surface area contributed by atoms with E-state index in [1.165, 1.54) is 0 Å². The van der Waals surface area contributed by atoms with Crippen molar-refractivity contribution in [1.29, 1.82) is 0 Å². The minimum Gasteiger partial charge on any atom is -0.480 e. The molecule has 1 rings (SSSR count). The van der Waals surface area contributed by atoms with E-state index in [1.807, 2.05) is 19.1 Å². The monoisotopic (exact) mass is 226 g/mol. The van der Waals surface area contributed by atoms with Crippen molar-refractivity contribution in [3.8, 4) is 0 Å². The van der Waals surface area contributed by atoms with E-state index in [-0.39, 0.29) is 6.03 Å². The first-order valence-corrected chi connectivity index (χ1v) is 5.58. The van der Waals surface area contributed by atoms with Gasteiger partial charge >= 0.3 is 12.0 Å². The molecule has 0 saturated carbocycles. The third-order valence-corrected chi connectivity index (χ3v) is 2.52. The summed E-state index contributed by atoms with van der Waals surface area (Å²) in [6.07, 6.45) is 5.96. The highest BCUT2D eigenvalue weighted by atomic mass is 16.4. The van der Waals surface area contributed by atoms with E-state index in [0.717, 1.165) is 12.8 Å². The minimum absolute atomic E-state index is 0.287. The van der Waals surface area contributed by atoms with Crippen LogP contribution >= 0.6 is 0 Å². The van der Waals surface area contributed by atoms with Crippen LogP contribution in [0.1, 0.15) is 26.2 Å². The maximum Gasteiger partial charge on any atom is 0.326 e. The topological polar surface area (TPSA) is 69.6 Å². The minimum atomic E-state index is -0.970. The van der Waals surface area contributed by atoms with Gasteiger partial charge in [0.2, 0.25) is 0 Å². The number of hydrogen-bond donors (Lipinski definition) is 2. The smallest absolute Gasteiger partial charge is 0.326 e. The zero-order chi connectivity index (χ0) is 12.0. The predicted molar refractivity (Wildman–Crippen MR) is 60.2 cm³/mol. The van der Waals surface area contributed by atoms with Gasteiger partial charge in [-0.25, -0.2) is 9.59 Å². The van der Waals surface area contributed by atoms with E-state index >= 15 is 0 Å². The summed E-state index contributed by atoms with van der Waals surface area (Å²) in [6, 6.07) is -1.06. The van der Waals surface area contributed by atoms with Gasteiger partial charge in [-0.15, -0.1) is 0 Å². The summed E-state index contributed by atoms with van der Waals surface area (Å²) in [6.45, 7) is 3.11. The number of urea groups is 1. The Kier molecular flexibility index (Phi) is 4.82. The van der Waals surface area contributed by atoms with Crippen molar-refractivity contribution >= 4 is 12.0 Å². The molecule has 1 aliphatic heterocycles. The van der Waals surface area contributed by atoms with E-state index in [0.29, 0.717) is 19.5 Å². The number of amides is 2. The molecule has 0 aromatic rings. The normalized spacial score (nSPS) is 16.9. The Balaban J connectivity index is 2.47. The molecule has 90 valence electrons. The summed E-state index contributed by atoms with van der Waals surface area (Å²) in [4.78, 5) is 24.2. The van der Waals surface area contributed by atoms with Crippen molar-refractivity contribution in [2.75, 3.05) is 13.1 Å². The van der Waals surface area contributed by atoms with Crippen LogP contribution < -0.4 is 5.32 Å². The molecule has 5 nitrogen and oxygen atoms in total. The van der Waals surface area contributed by atoms with Gasteiger partial charge in [0.1, 0.15) is 6.04 Å². The lowest BCUT2D eigenvalue weighted by Crippen LogP contribution is -2.48. The number of nitrogens with zero attached hydrogens (tertiary/aromatic N) is 1. The van der Waals surface area contributed by atoms with E-state index in [4.69, 9.17) is 5.11 Å². The average Bonchev–Trinajstić information content (AvgIpc) is 2.29. The average molecular weight is 226 g/mol. The maximum atomic E-state index is 11.7. The Morgan fingerprint density at radius 3 is 2.75 bits per heavy atom. The van der Waals surface area contributed by atoms with Crippen molar-refractivity contribution in [2.45, 2.75) is 32.2 Å². The number of carbonyl (C=O) groups is 2. The summed E-state index contributed by atoms with van der Waals surface area (Å²) in [7, 11) is 0. The fourth-order valence-corrected chi connectivity index (χ4v) is 1.61. The highest BCUT2D eigenvalue weighted by molar-refractivity contribution is 5.82. The summed E-state index contributed by atoms with van der Waals surface area (Å²) >= 11 is 0. The standard InChI is InChI=1S/C11H18N2O3/c1-2-6-9(10(14)15)12-11(16)13-7-4-3-5-8-13/h3-4,9H,2,5-8H2,1H3,(H,12,16)(H,14,15)/t9-/m0/s1. The molecule has 0 fully saturated rings. The van der Waals surface area contributed by atoms with Gasteiger partial charge in [-0.05, 0) is 12.8 Å². The zero-order valence-electron chi connectivity index (χ0n) is 9.48. The van der Waals surface area contributed by atoms with Crippen LogP contribution in [0.25, 0.3) is 0 Å². The van der Waals surface area contributed by atoms with Gasteiger partial charge < -0.3 is 15.3 Å². The summed E-state index contributed by atoms with van der Waals surface area (Å²) < 4.78 is 0. The van der Waals surface area contributed by atoms with Crippen LogP contribution in [0.2, 0.25) is 0 Å². The van der Waals surface area contributed by atoms with E-state index in [2.05, 4.69) is 5.32 Å². The first-order valence-electron chi connectivity index (χ1n) is 5.58. The van der Waals surface area contributed by atoms with Gasteiger partial charge in [-0.2, -0.15) is 0 Å². The van der Waals surface area contributed by atoms with Crippen LogP contribution in [0, 0.1) is 0 Å². The third-order valence-electron chi connectivity index (χ3n) is 2.52. The van der Waals surface area contributed by atoms with Crippen LogP contribution in [0.3, 0.4) is 0 Å². The van der Waals surface area contributed by atoms with Gasteiger partial charge in [0.25, 0.3) is 0 Å². The Morgan fingerprint density at radius 1 is 1.50 bits per heavy atom. The predicted octanol–water partition coefficient (Wildman–Crippen LogP) is 1.21. The summed E-state index contributed by atoms with van der Waals surface area (Å²) in [5.41, 5.74) is 0. The molecule has 0 spiro atoms. The molecule has 0 saturated heterocycles.